The van der Waals surface area contributed by atoms with E-state index < -0.39 is 0 Å². The summed E-state index contributed by atoms with van der Waals surface area (Å²) in [6.07, 6.45) is 3.26. The van der Waals surface area contributed by atoms with Gasteiger partial charge in [0.2, 0.25) is 0 Å². The monoisotopic (exact) mass is 386 g/mol. The summed E-state index contributed by atoms with van der Waals surface area (Å²) in [5, 5.41) is 22.2. The summed E-state index contributed by atoms with van der Waals surface area (Å²) in [6.45, 7) is 1.30. The SMILES string of the molecule is OCCC1NCSCCCSCN(CCO)CSCCCS1. The molecule has 1 atom stereocenters. The molecule has 1 saturated heterocycles. The Kier molecular flexibility index (Phi) is 15.2. The van der Waals surface area contributed by atoms with Gasteiger partial charge in [-0.3, -0.25) is 10.2 Å². The maximum Gasteiger partial charge on any atom is 0.0560 e. The fraction of sp³-hybridized carbons (Fsp3) is 1.00. The van der Waals surface area contributed by atoms with Gasteiger partial charge in [0.25, 0.3) is 0 Å². The molecular weight excluding hydrogens is 356 g/mol. The molecule has 1 fully saturated rings. The maximum atomic E-state index is 9.14. The van der Waals surface area contributed by atoms with Gasteiger partial charge in [-0.25, -0.2) is 0 Å². The van der Waals surface area contributed by atoms with E-state index in [4.69, 9.17) is 10.2 Å². The van der Waals surface area contributed by atoms with Gasteiger partial charge in [0.1, 0.15) is 0 Å². The number of β-amino-alcohol motifs (C(OH)–C–C–N with tert-alkyl or cyclic N) is 1. The van der Waals surface area contributed by atoms with E-state index in [1.165, 1.54) is 30.1 Å². The Labute approximate surface area is 152 Å². The number of hydrogen-bond donors (Lipinski definition) is 3. The summed E-state index contributed by atoms with van der Waals surface area (Å²) in [7, 11) is 0. The Balaban J connectivity index is 2.31. The quantitative estimate of drug-likeness (QED) is 0.680. The average Bonchev–Trinajstić information content (AvgIpc) is 2.51. The van der Waals surface area contributed by atoms with Crippen molar-refractivity contribution in [2.75, 3.05) is 60.4 Å². The Bertz CT molecular complexity index is 229. The molecule has 1 heterocycles. The minimum atomic E-state index is 0.251. The molecule has 0 spiro atoms. The van der Waals surface area contributed by atoms with Crippen molar-refractivity contribution in [3.63, 3.8) is 0 Å². The van der Waals surface area contributed by atoms with E-state index >= 15 is 0 Å². The molecule has 0 saturated carbocycles. The van der Waals surface area contributed by atoms with E-state index in [-0.39, 0.29) is 13.2 Å². The highest BCUT2D eigenvalue weighted by molar-refractivity contribution is 8.01. The van der Waals surface area contributed by atoms with Gasteiger partial charge >= 0.3 is 0 Å². The van der Waals surface area contributed by atoms with E-state index in [2.05, 4.69) is 10.2 Å². The fourth-order valence-corrected chi connectivity index (χ4v) is 6.31. The molecule has 0 bridgehead atoms. The van der Waals surface area contributed by atoms with Gasteiger partial charge in [-0.1, -0.05) is 0 Å². The van der Waals surface area contributed by atoms with Crippen LogP contribution in [0.25, 0.3) is 0 Å². The molecule has 0 amide bonds. The van der Waals surface area contributed by atoms with E-state index in [9.17, 15) is 0 Å². The normalized spacial score (nSPS) is 25.1. The first kappa shape index (κ1) is 21.3. The number of nitrogens with zero attached hydrogens (tertiary/aromatic N) is 1. The molecule has 0 aromatic rings. The molecule has 132 valence electrons. The number of rotatable bonds is 4. The van der Waals surface area contributed by atoms with Gasteiger partial charge in [0.15, 0.2) is 0 Å². The van der Waals surface area contributed by atoms with Crippen molar-refractivity contribution in [2.45, 2.75) is 24.6 Å². The van der Waals surface area contributed by atoms with E-state index in [1.54, 1.807) is 0 Å². The zero-order chi connectivity index (χ0) is 15.9. The van der Waals surface area contributed by atoms with Crippen LogP contribution in [0.3, 0.4) is 0 Å². The van der Waals surface area contributed by atoms with E-state index in [1.807, 2.05) is 47.0 Å². The van der Waals surface area contributed by atoms with Crippen LogP contribution in [0, 0.1) is 0 Å². The van der Waals surface area contributed by atoms with Crippen molar-refractivity contribution in [3.8, 4) is 0 Å². The van der Waals surface area contributed by atoms with Crippen LogP contribution in [0.4, 0.5) is 0 Å². The van der Waals surface area contributed by atoms with E-state index in [0.717, 1.165) is 36.3 Å². The van der Waals surface area contributed by atoms with E-state index in [0.29, 0.717) is 5.37 Å². The van der Waals surface area contributed by atoms with Crippen molar-refractivity contribution < 1.29 is 10.2 Å². The summed E-state index contributed by atoms with van der Waals surface area (Å²) in [4.78, 5) is 2.34. The van der Waals surface area contributed by atoms with Crippen molar-refractivity contribution >= 4 is 47.0 Å². The fourth-order valence-electron chi connectivity index (χ4n) is 1.93. The Hall–Kier alpha value is 1.24. The second-order valence-electron chi connectivity index (χ2n) is 5.03. The Morgan fingerprint density at radius 1 is 0.909 bits per heavy atom. The van der Waals surface area contributed by atoms with Crippen LogP contribution in [0.5, 0.6) is 0 Å². The van der Waals surface area contributed by atoms with Crippen molar-refractivity contribution in [1.29, 1.82) is 0 Å². The van der Waals surface area contributed by atoms with Gasteiger partial charge in [-0.2, -0.15) is 0 Å². The maximum absolute atomic E-state index is 9.14. The Morgan fingerprint density at radius 2 is 1.59 bits per heavy atom. The number of hydrogen-bond acceptors (Lipinski definition) is 8. The number of nitrogens with one attached hydrogen (secondary N) is 1. The first-order chi connectivity index (χ1) is 10.9. The molecule has 0 aromatic heterocycles. The zero-order valence-corrected chi connectivity index (χ0v) is 16.5. The average molecular weight is 387 g/mol. The van der Waals surface area contributed by atoms with Crippen LogP contribution in [-0.4, -0.2) is 80.9 Å². The lowest BCUT2D eigenvalue weighted by molar-refractivity contribution is 0.234. The van der Waals surface area contributed by atoms with Crippen LogP contribution in [-0.2, 0) is 0 Å². The molecule has 22 heavy (non-hydrogen) atoms. The van der Waals surface area contributed by atoms with Gasteiger partial charge in [-0.15, -0.1) is 47.0 Å². The van der Waals surface area contributed by atoms with Crippen LogP contribution in [0.2, 0.25) is 0 Å². The Morgan fingerprint density at radius 3 is 2.27 bits per heavy atom. The minimum Gasteiger partial charge on any atom is -0.396 e. The second-order valence-corrected chi connectivity index (χ2v) is 9.59. The van der Waals surface area contributed by atoms with Crippen molar-refractivity contribution in [2.24, 2.45) is 0 Å². The van der Waals surface area contributed by atoms with Gasteiger partial charge in [0, 0.05) is 30.8 Å². The van der Waals surface area contributed by atoms with Crippen molar-refractivity contribution in [1.82, 2.24) is 10.2 Å². The summed E-state index contributed by atoms with van der Waals surface area (Å²) in [5.74, 6) is 7.72. The van der Waals surface area contributed by atoms with Crippen LogP contribution in [0.15, 0.2) is 0 Å². The molecule has 1 aliphatic rings. The third-order valence-corrected chi connectivity index (χ3v) is 7.63. The predicted octanol–water partition coefficient (Wildman–Crippen LogP) is 2.18. The highest BCUT2D eigenvalue weighted by Gasteiger charge is 2.09. The van der Waals surface area contributed by atoms with Crippen LogP contribution < -0.4 is 5.32 Å². The molecule has 0 aliphatic carbocycles. The summed E-state index contributed by atoms with van der Waals surface area (Å²) >= 11 is 7.83. The summed E-state index contributed by atoms with van der Waals surface area (Å²) in [5.41, 5.74) is 0. The highest BCUT2D eigenvalue weighted by atomic mass is 32.2. The largest absolute Gasteiger partial charge is 0.396 e. The molecule has 4 nitrogen and oxygen atoms in total. The standard InChI is InChI=1S/C14H30N2O2S4/c17-5-3-14-15-11-19-7-1-8-20-12-16(4-6-18)13-21-9-2-10-22-14/h14-15,17-18H,1-13H2. The zero-order valence-electron chi connectivity index (χ0n) is 13.2. The third kappa shape index (κ3) is 11.7. The van der Waals surface area contributed by atoms with Crippen LogP contribution >= 0.6 is 47.0 Å². The van der Waals surface area contributed by atoms with Crippen molar-refractivity contribution in [3.05, 3.63) is 0 Å². The number of thioether (sulfide) groups is 4. The molecule has 1 unspecified atom stereocenters. The molecule has 8 heteroatoms. The molecule has 1 rings (SSSR count). The number of aliphatic hydroxyl groups is 2. The lowest BCUT2D eigenvalue weighted by Gasteiger charge is -2.21. The summed E-state index contributed by atoms with van der Waals surface area (Å²) in [6, 6.07) is 0. The summed E-state index contributed by atoms with van der Waals surface area (Å²) < 4.78 is 0. The van der Waals surface area contributed by atoms with Gasteiger partial charge < -0.3 is 10.2 Å². The molecule has 1 aliphatic heterocycles. The lowest BCUT2D eigenvalue weighted by atomic mass is 10.4. The smallest absolute Gasteiger partial charge is 0.0560 e. The molecule has 3 N–H and O–H groups in total. The second kappa shape index (κ2) is 15.7. The number of aliphatic hydroxyl groups excluding tert-OH is 2. The predicted molar refractivity (Wildman–Crippen MR) is 106 cm³/mol. The first-order valence-corrected chi connectivity index (χ1v) is 12.4. The topological polar surface area (TPSA) is 55.7 Å². The minimum absolute atomic E-state index is 0.251. The molecule has 0 aromatic carbocycles. The molecular formula is C14H30N2O2S4. The molecule has 0 radical (unpaired) electrons. The highest BCUT2D eigenvalue weighted by Crippen LogP contribution is 2.18. The first-order valence-electron chi connectivity index (χ1n) is 7.89. The lowest BCUT2D eigenvalue weighted by Crippen LogP contribution is -2.28. The van der Waals surface area contributed by atoms with Crippen LogP contribution in [0.1, 0.15) is 19.3 Å². The van der Waals surface area contributed by atoms with Gasteiger partial charge in [-0.05, 0) is 42.3 Å². The van der Waals surface area contributed by atoms with Gasteiger partial charge in [0.05, 0.1) is 12.0 Å². The third-order valence-electron chi connectivity index (χ3n) is 3.10.